The van der Waals surface area contributed by atoms with E-state index in [1.807, 2.05) is 6.08 Å². The fourth-order valence-electron chi connectivity index (χ4n) is 4.88. The molecule has 2 aliphatic heterocycles. The Morgan fingerprint density at radius 3 is 3.41 bits per heavy atom. The predicted molar refractivity (Wildman–Crippen MR) is 82.5 cm³/mol. The molecule has 1 fully saturated rings. The first kappa shape index (κ1) is 7.37. The third-order valence-electron chi connectivity index (χ3n) is 5.73. The molecule has 5 atom stereocenters. The van der Waals surface area contributed by atoms with E-state index in [2.05, 4.69) is 0 Å². The highest BCUT2D eigenvalue weighted by Gasteiger charge is 2.64. The van der Waals surface area contributed by atoms with Gasteiger partial charge >= 0.3 is 0 Å². The second-order valence-electron chi connectivity index (χ2n) is 6.51. The van der Waals surface area contributed by atoms with E-state index >= 15 is 0 Å². The number of aliphatic hydroxyl groups is 1. The van der Waals surface area contributed by atoms with Crippen LogP contribution in [0, 0.1) is 5.92 Å². The van der Waals surface area contributed by atoms with Crippen LogP contribution >= 0.6 is 0 Å². The van der Waals surface area contributed by atoms with E-state index in [1.54, 1.807) is 12.1 Å². The second kappa shape index (κ2) is 4.06. The number of aliphatic hydroxyl groups excluding tert-OH is 1. The minimum Gasteiger partial charge on any atom is -0.493 e. The van der Waals surface area contributed by atoms with Crippen molar-refractivity contribution in [3.63, 3.8) is 0 Å². The zero-order valence-corrected chi connectivity index (χ0v) is 11.8. The van der Waals surface area contributed by atoms with Gasteiger partial charge < -0.3 is 19.5 Å². The fraction of sp³-hybridized carbons (Fsp3) is 0.556. The monoisotopic (exact) mass is 307 g/mol. The molecule has 1 aromatic carbocycles. The maximum absolute atomic E-state index is 9.29. The Hall–Kier alpha value is -1.52. The molecule has 0 saturated carbocycles. The highest BCUT2D eigenvalue weighted by Crippen LogP contribution is 2.62. The van der Waals surface area contributed by atoms with Crippen LogP contribution in [0.3, 0.4) is 0 Å². The van der Waals surface area contributed by atoms with Crippen LogP contribution in [0.2, 0.25) is 0 Å². The van der Waals surface area contributed by atoms with Gasteiger partial charge in [-0.2, -0.15) is 0 Å². The van der Waals surface area contributed by atoms with Gasteiger partial charge in [-0.3, -0.25) is 0 Å². The highest BCUT2D eigenvalue weighted by molar-refractivity contribution is 5.62. The van der Waals surface area contributed by atoms with Gasteiger partial charge in [0.1, 0.15) is 12.2 Å². The normalized spacial score (nSPS) is 50.8. The zero-order chi connectivity index (χ0) is 21.7. The first-order chi connectivity index (χ1) is 13.9. The quantitative estimate of drug-likeness (QED) is 0.841. The number of ether oxygens (including phenoxy) is 2. The summed E-state index contributed by atoms with van der Waals surface area (Å²) < 4.78 is 74.4. The molecule has 2 heterocycles. The molecule has 22 heavy (non-hydrogen) atoms. The Labute approximate surface area is 141 Å². The summed E-state index contributed by atoms with van der Waals surface area (Å²) in [4.78, 5) is 1.50. The van der Waals surface area contributed by atoms with Crippen LogP contribution in [0.25, 0.3) is 0 Å². The maximum atomic E-state index is 9.29. The summed E-state index contributed by atoms with van der Waals surface area (Å²) in [5.41, 5.74) is 0.542. The Morgan fingerprint density at radius 1 is 1.55 bits per heavy atom. The Bertz CT molecular complexity index is 931. The molecule has 0 aromatic heterocycles. The molecule has 2 bridgehead atoms. The van der Waals surface area contributed by atoms with Crippen LogP contribution in [0.4, 0.5) is 0 Å². The molecule has 1 aromatic rings. The zero-order valence-electron chi connectivity index (χ0n) is 19.8. The van der Waals surface area contributed by atoms with Crippen molar-refractivity contribution in [1.29, 1.82) is 1.43 Å². The van der Waals surface area contributed by atoms with E-state index in [0.29, 0.717) is 18.4 Å². The van der Waals surface area contributed by atoms with E-state index in [-0.39, 0.29) is 30.0 Å². The summed E-state index contributed by atoms with van der Waals surface area (Å²) in [7, 11) is -2.69. The van der Waals surface area contributed by atoms with Crippen molar-refractivity contribution in [2.24, 2.45) is 5.92 Å². The molecule has 2 unspecified atom stereocenters. The van der Waals surface area contributed by atoms with Gasteiger partial charge in [0.25, 0.3) is 0 Å². The third kappa shape index (κ3) is 1.28. The number of rotatable bonds is 2. The number of hydrogen-bond donors (Lipinski definition) is 1. The van der Waals surface area contributed by atoms with Crippen molar-refractivity contribution in [3.05, 3.63) is 35.4 Å². The standard InChI is InChI=1S/C18H21NO3/c1-19-8-7-18-11-4-5-13(20)17(18)22-16-14(21-2)6-3-10(15(16)18)9-12(11)19/h3-6,11-13,17,20H,7-9H2,1-2H3/t11-,12+,13?,17?,18-/m0/s1/i1D3,2D3,17D,20D. The van der Waals surface area contributed by atoms with Crippen molar-refractivity contribution in [1.82, 2.24) is 4.90 Å². The molecule has 4 aliphatic rings. The summed E-state index contributed by atoms with van der Waals surface area (Å²) in [6.07, 6.45) is 1.40. The van der Waals surface area contributed by atoms with E-state index in [1.165, 1.54) is 11.0 Å². The molecule has 1 N–H and O–H groups in total. The van der Waals surface area contributed by atoms with Crippen LogP contribution in [-0.2, 0) is 11.8 Å². The van der Waals surface area contributed by atoms with Crippen molar-refractivity contribution < 1.29 is 24.2 Å². The second-order valence-corrected chi connectivity index (χ2v) is 6.51. The van der Waals surface area contributed by atoms with Crippen LogP contribution in [0.1, 0.15) is 27.1 Å². The van der Waals surface area contributed by atoms with Gasteiger partial charge in [0, 0.05) is 27.1 Å². The van der Waals surface area contributed by atoms with Crippen LogP contribution < -0.4 is 9.47 Å². The van der Waals surface area contributed by atoms with E-state index < -0.39 is 31.6 Å². The minimum absolute atomic E-state index is 0.0170. The van der Waals surface area contributed by atoms with Gasteiger partial charge in [0.2, 0.25) is 1.43 Å². The average Bonchev–Trinajstić information content (AvgIpc) is 2.89. The lowest BCUT2D eigenvalue weighted by atomic mass is 9.53. The van der Waals surface area contributed by atoms with E-state index in [9.17, 15) is 1.37 Å². The molecule has 0 amide bonds. The number of benzene rings is 1. The number of likely N-dealkylation sites (N-methyl/N-ethyl adjacent to an activating group) is 1. The lowest BCUT2D eigenvalue weighted by molar-refractivity contribution is -0.0453. The number of hydrogen-bond acceptors (Lipinski definition) is 4. The van der Waals surface area contributed by atoms with Crippen molar-refractivity contribution in [2.45, 2.75) is 36.5 Å². The summed E-state index contributed by atoms with van der Waals surface area (Å²) in [5.74, 6) is -0.147. The first-order valence-electron chi connectivity index (χ1n) is 11.4. The number of methoxy groups -OCH3 is 1. The van der Waals surface area contributed by atoms with Gasteiger partial charge in [0.15, 0.2) is 11.5 Å². The topological polar surface area (TPSA) is 41.9 Å². The Morgan fingerprint density at radius 2 is 2.55 bits per heavy atom. The summed E-state index contributed by atoms with van der Waals surface area (Å²) in [5, 5.41) is 4.85. The number of nitrogens with zero attached hydrogens (tertiary/aromatic N) is 1. The van der Waals surface area contributed by atoms with Gasteiger partial charge in [-0.25, -0.2) is 0 Å². The van der Waals surface area contributed by atoms with Crippen molar-refractivity contribution in [2.75, 3.05) is 20.6 Å². The van der Waals surface area contributed by atoms with Gasteiger partial charge in [0.05, 0.1) is 12.5 Å². The Kier molecular flexibility index (Phi) is 1.36. The highest BCUT2D eigenvalue weighted by atomic mass is 16.5. The van der Waals surface area contributed by atoms with Gasteiger partial charge in [-0.1, -0.05) is 18.2 Å². The minimum atomic E-state index is -2.69. The van der Waals surface area contributed by atoms with E-state index in [4.69, 9.17) is 24.2 Å². The molecule has 0 radical (unpaired) electrons. The first-order valence-corrected chi connectivity index (χ1v) is 7.54. The van der Waals surface area contributed by atoms with Gasteiger partial charge in [-0.15, -0.1) is 0 Å². The molecule has 116 valence electrons. The molecule has 2 aliphatic carbocycles. The van der Waals surface area contributed by atoms with Gasteiger partial charge in [-0.05, 0) is 38.0 Å². The molecule has 4 nitrogen and oxygen atoms in total. The van der Waals surface area contributed by atoms with Crippen LogP contribution in [0.5, 0.6) is 11.5 Å². The smallest absolute Gasteiger partial charge is 0.211 e. The number of piperidine rings is 1. The SMILES string of the molecule is [2H]OC1C=C[C@H]2[C@H]3Cc4ccc(OC([2H])([2H])[2H])c5c4[C@@]2(CCN3C([2H])([2H])[2H])C1([2H])O5. The summed E-state index contributed by atoms with van der Waals surface area (Å²) in [6, 6.07) is 2.85. The van der Waals surface area contributed by atoms with Crippen LogP contribution in [-0.4, -0.2) is 50.2 Å². The third-order valence-corrected chi connectivity index (χ3v) is 5.73. The summed E-state index contributed by atoms with van der Waals surface area (Å²) >= 11 is 0. The summed E-state index contributed by atoms with van der Waals surface area (Å²) in [6.45, 7) is -2.05. The van der Waals surface area contributed by atoms with Crippen molar-refractivity contribution >= 4 is 0 Å². The molecular formula is C18H21NO3. The van der Waals surface area contributed by atoms with Crippen molar-refractivity contribution in [3.8, 4) is 11.5 Å². The molecule has 1 saturated heterocycles. The van der Waals surface area contributed by atoms with E-state index in [0.717, 1.165) is 5.56 Å². The molecule has 1 spiro atoms. The molecular weight excluding hydrogens is 278 g/mol. The lowest BCUT2D eigenvalue weighted by Gasteiger charge is -2.56. The molecule has 5 rings (SSSR count). The average molecular weight is 307 g/mol. The Balaban J connectivity index is 1.75. The largest absolute Gasteiger partial charge is 0.493 e. The van der Waals surface area contributed by atoms with Crippen LogP contribution in [0.15, 0.2) is 24.3 Å². The lowest BCUT2D eigenvalue weighted by Crippen LogP contribution is -2.64. The fourth-order valence-corrected chi connectivity index (χ4v) is 4.88. The number of likely N-dealkylation sites (tertiary alicyclic amines) is 1. The molecule has 4 heteroatoms. The predicted octanol–water partition coefficient (Wildman–Crippen LogP) is 1.50. The maximum Gasteiger partial charge on any atom is 0.211 e.